The van der Waals surface area contributed by atoms with Crippen LogP contribution in [0.15, 0.2) is 24.3 Å². The summed E-state index contributed by atoms with van der Waals surface area (Å²) in [5.74, 6) is -0.450. The van der Waals surface area contributed by atoms with Gasteiger partial charge in [0.25, 0.3) is 0 Å². The Morgan fingerprint density at radius 1 is 1.37 bits per heavy atom. The van der Waals surface area contributed by atoms with Gasteiger partial charge in [-0.3, -0.25) is 9.59 Å². The molecule has 0 aromatic heterocycles. The maximum atomic E-state index is 12.8. The molecule has 0 unspecified atom stereocenters. The van der Waals surface area contributed by atoms with Gasteiger partial charge in [-0.05, 0) is 12.8 Å². The summed E-state index contributed by atoms with van der Waals surface area (Å²) in [7, 11) is 1.75. The summed E-state index contributed by atoms with van der Waals surface area (Å²) in [5, 5.41) is 13.3. The number of nitrogens with one attached hydrogen (secondary N) is 1. The molecule has 0 aromatic rings. The first-order valence-corrected chi connectivity index (χ1v) is 6.68. The summed E-state index contributed by atoms with van der Waals surface area (Å²) >= 11 is 0. The average Bonchev–Trinajstić information content (AvgIpc) is 2.60. The van der Waals surface area contributed by atoms with E-state index >= 15 is 0 Å². The monoisotopic (exact) mass is 260 g/mol. The number of carbonyl (C=O) groups excluding carboxylic acids is 2. The van der Waals surface area contributed by atoms with Crippen LogP contribution in [-0.4, -0.2) is 46.6 Å². The second kappa shape index (κ2) is 3.10. The maximum Gasteiger partial charge on any atom is 0.235 e. The normalized spacial score (nSPS) is 50.2. The standard InChI is InChI=1S/C14H16N2O3/c1-16-9-3-5-13(12(16)19)6-4-10(17)14(13)7-2-8(9)11(18)15-14/h2-3,5,7-10,17H,4,6H2,1H3,(H,15,18)/t8-,9-,10-,13+,14-/m0/s1. The van der Waals surface area contributed by atoms with Crippen molar-refractivity contribution < 1.29 is 14.7 Å². The summed E-state index contributed by atoms with van der Waals surface area (Å²) in [4.78, 5) is 26.7. The van der Waals surface area contributed by atoms with Gasteiger partial charge in [-0.2, -0.15) is 0 Å². The van der Waals surface area contributed by atoms with Gasteiger partial charge in [-0.1, -0.05) is 24.3 Å². The van der Waals surface area contributed by atoms with E-state index in [4.69, 9.17) is 0 Å². The highest BCUT2D eigenvalue weighted by atomic mass is 16.3. The van der Waals surface area contributed by atoms with Crippen molar-refractivity contribution in [2.45, 2.75) is 30.5 Å². The Morgan fingerprint density at radius 2 is 2.16 bits per heavy atom. The molecule has 4 bridgehead atoms. The van der Waals surface area contributed by atoms with Crippen molar-refractivity contribution >= 4 is 11.8 Å². The molecule has 5 nitrogen and oxygen atoms in total. The van der Waals surface area contributed by atoms with Crippen LogP contribution < -0.4 is 5.32 Å². The number of hydrogen-bond donors (Lipinski definition) is 2. The topological polar surface area (TPSA) is 69.6 Å². The van der Waals surface area contributed by atoms with Crippen molar-refractivity contribution in [3.63, 3.8) is 0 Å². The summed E-state index contributed by atoms with van der Waals surface area (Å²) < 4.78 is 0. The van der Waals surface area contributed by atoms with E-state index in [1.54, 1.807) is 11.9 Å². The highest BCUT2D eigenvalue weighted by Gasteiger charge is 2.67. The molecule has 5 heterocycles. The van der Waals surface area contributed by atoms with Gasteiger partial charge >= 0.3 is 0 Å². The molecule has 2 fully saturated rings. The van der Waals surface area contributed by atoms with Gasteiger partial charge < -0.3 is 15.3 Å². The molecule has 2 amide bonds. The Labute approximate surface area is 111 Å². The molecule has 1 saturated heterocycles. The summed E-state index contributed by atoms with van der Waals surface area (Å²) in [6, 6.07) is -0.217. The Bertz CT molecular complexity index is 555. The van der Waals surface area contributed by atoms with E-state index in [1.807, 2.05) is 24.3 Å². The van der Waals surface area contributed by atoms with Crippen LogP contribution in [0.2, 0.25) is 0 Å². The van der Waals surface area contributed by atoms with Gasteiger partial charge in [-0.15, -0.1) is 0 Å². The lowest BCUT2D eigenvalue weighted by Crippen LogP contribution is -2.73. The number of aliphatic hydroxyl groups excluding tert-OH is 1. The lowest BCUT2D eigenvalue weighted by molar-refractivity contribution is -0.152. The average molecular weight is 260 g/mol. The van der Waals surface area contributed by atoms with Crippen molar-refractivity contribution in [2.75, 3.05) is 7.05 Å². The Balaban J connectivity index is 2.04. The molecule has 7 rings (SSSR count). The molecule has 5 heteroatoms. The summed E-state index contributed by atoms with van der Waals surface area (Å²) in [5.41, 5.74) is -1.79. The van der Waals surface area contributed by atoms with E-state index in [1.165, 1.54) is 0 Å². The lowest BCUT2D eigenvalue weighted by atomic mass is 9.63. The number of aliphatic hydroxyl groups is 1. The quantitative estimate of drug-likeness (QED) is 0.581. The molecule has 5 atom stereocenters. The lowest BCUT2D eigenvalue weighted by Gasteiger charge is -2.54. The third-order valence-corrected chi connectivity index (χ3v) is 5.37. The predicted molar refractivity (Wildman–Crippen MR) is 66.9 cm³/mol. The van der Waals surface area contributed by atoms with Crippen molar-refractivity contribution in [2.24, 2.45) is 11.3 Å². The van der Waals surface area contributed by atoms with Crippen LogP contribution in [0.5, 0.6) is 0 Å². The molecule has 7 aliphatic rings. The van der Waals surface area contributed by atoms with Crippen molar-refractivity contribution in [1.82, 2.24) is 10.2 Å². The van der Waals surface area contributed by atoms with Gasteiger partial charge in [0, 0.05) is 7.05 Å². The molecule has 1 saturated carbocycles. The maximum absolute atomic E-state index is 12.8. The minimum absolute atomic E-state index is 0.00546. The van der Waals surface area contributed by atoms with E-state index in [9.17, 15) is 14.7 Å². The first kappa shape index (κ1) is 11.2. The highest BCUT2D eigenvalue weighted by molar-refractivity contribution is 5.95. The van der Waals surface area contributed by atoms with Gasteiger partial charge in [-0.25, -0.2) is 0 Å². The van der Waals surface area contributed by atoms with Crippen LogP contribution >= 0.6 is 0 Å². The minimum Gasteiger partial charge on any atom is -0.390 e. The van der Waals surface area contributed by atoms with Crippen LogP contribution in [-0.2, 0) is 9.59 Å². The molecular formula is C14H16N2O3. The van der Waals surface area contributed by atoms with Gasteiger partial charge in [0.15, 0.2) is 0 Å². The van der Waals surface area contributed by atoms with Gasteiger partial charge in [0.05, 0.1) is 23.5 Å². The summed E-state index contributed by atoms with van der Waals surface area (Å²) in [6.45, 7) is 0. The molecule has 100 valence electrons. The summed E-state index contributed by atoms with van der Waals surface area (Å²) in [6.07, 6.45) is 7.97. The van der Waals surface area contributed by atoms with Crippen molar-refractivity contribution in [3.05, 3.63) is 24.3 Å². The Hall–Kier alpha value is -1.62. The number of nitrogens with zero attached hydrogens (tertiary/aromatic N) is 1. The fourth-order valence-electron chi connectivity index (χ4n) is 4.27. The van der Waals surface area contributed by atoms with Gasteiger partial charge in [0.1, 0.15) is 5.54 Å². The van der Waals surface area contributed by atoms with E-state index in [-0.39, 0.29) is 23.8 Å². The van der Waals surface area contributed by atoms with Crippen LogP contribution in [0.25, 0.3) is 0 Å². The molecule has 5 aliphatic heterocycles. The largest absolute Gasteiger partial charge is 0.390 e. The number of likely N-dealkylation sites (N-methyl/N-ethyl adjacent to an activating group) is 1. The van der Waals surface area contributed by atoms with E-state index in [2.05, 4.69) is 5.32 Å². The predicted octanol–water partition coefficient (Wildman–Crippen LogP) is -0.421. The van der Waals surface area contributed by atoms with Crippen molar-refractivity contribution in [1.29, 1.82) is 0 Å². The van der Waals surface area contributed by atoms with Crippen LogP contribution in [0.1, 0.15) is 12.8 Å². The van der Waals surface area contributed by atoms with Crippen LogP contribution in [0.4, 0.5) is 0 Å². The van der Waals surface area contributed by atoms with E-state index in [0.29, 0.717) is 12.8 Å². The Morgan fingerprint density at radius 3 is 2.89 bits per heavy atom. The highest BCUT2D eigenvalue weighted by Crippen LogP contribution is 2.54. The van der Waals surface area contributed by atoms with Crippen LogP contribution in [0, 0.1) is 11.3 Å². The third-order valence-electron chi connectivity index (χ3n) is 5.37. The smallest absolute Gasteiger partial charge is 0.235 e. The zero-order valence-corrected chi connectivity index (χ0v) is 10.7. The van der Waals surface area contributed by atoms with E-state index < -0.39 is 17.1 Å². The second-order valence-corrected chi connectivity index (χ2v) is 6.03. The minimum atomic E-state index is -0.964. The van der Waals surface area contributed by atoms with Crippen LogP contribution in [0.3, 0.4) is 0 Å². The number of carbonyl (C=O) groups is 2. The van der Waals surface area contributed by atoms with Crippen molar-refractivity contribution in [3.8, 4) is 0 Å². The first-order chi connectivity index (χ1) is 9.02. The first-order valence-electron chi connectivity index (χ1n) is 6.68. The SMILES string of the molecule is CN1C(=O)[C@]23C=C[C@H]1[C@@H]1C=C[C@]2(NC1=O)[C@@H](O)CC3. The molecular weight excluding hydrogens is 244 g/mol. The molecule has 2 spiro atoms. The molecule has 2 N–H and O–H groups in total. The third kappa shape index (κ3) is 0.994. The van der Waals surface area contributed by atoms with Gasteiger partial charge in [0.2, 0.25) is 11.8 Å². The fraction of sp³-hybridized carbons (Fsp3) is 0.571. The number of hydrogen-bond acceptors (Lipinski definition) is 3. The Kier molecular flexibility index (Phi) is 1.83. The molecule has 0 aromatic carbocycles. The zero-order valence-electron chi connectivity index (χ0n) is 10.7. The molecule has 0 radical (unpaired) electrons. The second-order valence-electron chi connectivity index (χ2n) is 6.03. The fourth-order valence-corrected chi connectivity index (χ4v) is 4.27. The zero-order chi connectivity index (χ0) is 13.4. The van der Waals surface area contributed by atoms with E-state index in [0.717, 1.165) is 0 Å². The molecule has 2 aliphatic carbocycles. The number of rotatable bonds is 0. The number of amides is 2. The molecule has 19 heavy (non-hydrogen) atoms.